The Morgan fingerprint density at radius 1 is 1.41 bits per heavy atom. The van der Waals surface area contributed by atoms with Crippen LogP contribution in [0.1, 0.15) is 38.9 Å². The van der Waals surface area contributed by atoms with E-state index in [0.717, 1.165) is 28.0 Å². The van der Waals surface area contributed by atoms with Crippen LogP contribution in [0.4, 0.5) is 0 Å². The van der Waals surface area contributed by atoms with Gasteiger partial charge in [0.1, 0.15) is 0 Å². The molecule has 0 saturated heterocycles. The van der Waals surface area contributed by atoms with Gasteiger partial charge in [0.15, 0.2) is 10.4 Å². The number of hydrogen-bond acceptors (Lipinski definition) is 2. The Balaban J connectivity index is 2.63. The number of rotatable bonds is 3. The van der Waals surface area contributed by atoms with Crippen LogP contribution in [0.5, 0.6) is 0 Å². The second kappa shape index (κ2) is 4.61. The number of pyridine rings is 1. The van der Waals surface area contributed by atoms with Crippen LogP contribution in [-0.4, -0.2) is 14.5 Å². The molecule has 0 radical (unpaired) electrons. The van der Waals surface area contributed by atoms with Crippen LogP contribution in [0.3, 0.4) is 0 Å². The van der Waals surface area contributed by atoms with E-state index in [1.165, 1.54) is 0 Å². The Kier molecular flexibility index (Phi) is 3.33. The summed E-state index contributed by atoms with van der Waals surface area (Å²) in [5, 5.41) is 0. The number of H-pyrrole nitrogens is 1. The van der Waals surface area contributed by atoms with Gasteiger partial charge in [-0.25, -0.2) is 4.98 Å². The summed E-state index contributed by atoms with van der Waals surface area (Å²) in [6, 6.07) is 4.43. The topological polar surface area (TPSA) is 33.6 Å². The summed E-state index contributed by atoms with van der Waals surface area (Å²) < 4.78 is 2.91. The molecule has 1 N–H and O–H groups in total. The third-order valence-corrected chi connectivity index (χ3v) is 3.88. The van der Waals surface area contributed by atoms with E-state index in [9.17, 15) is 0 Å². The molecule has 0 aliphatic carbocycles. The highest BCUT2D eigenvalue weighted by Gasteiger charge is 2.16. The van der Waals surface area contributed by atoms with E-state index in [-0.39, 0.29) is 0 Å². The van der Waals surface area contributed by atoms with Crippen molar-refractivity contribution in [3.05, 3.63) is 22.6 Å². The van der Waals surface area contributed by atoms with E-state index in [4.69, 9.17) is 12.2 Å². The number of aryl methyl sites for hydroxylation is 1. The molecule has 2 unspecified atom stereocenters. The first-order valence-corrected chi connectivity index (χ1v) is 6.53. The molecule has 0 aliphatic rings. The maximum Gasteiger partial charge on any atom is 0.179 e. The Hall–Kier alpha value is -1.16. The van der Waals surface area contributed by atoms with E-state index in [2.05, 4.69) is 35.3 Å². The van der Waals surface area contributed by atoms with Crippen molar-refractivity contribution in [2.45, 2.75) is 40.2 Å². The Morgan fingerprint density at radius 2 is 2.12 bits per heavy atom. The summed E-state index contributed by atoms with van der Waals surface area (Å²) >= 11 is 5.41. The van der Waals surface area contributed by atoms with E-state index in [0.29, 0.717) is 12.0 Å². The van der Waals surface area contributed by atoms with Crippen molar-refractivity contribution in [3.63, 3.8) is 0 Å². The van der Waals surface area contributed by atoms with Crippen LogP contribution in [0, 0.1) is 17.6 Å². The van der Waals surface area contributed by atoms with Gasteiger partial charge >= 0.3 is 0 Å². The van der Waals surface area contributed by atoms with E-state index in [1.807, 2.05) is 19.1 Å². The minimum atomic E-state index is 0.371. The average Bonchev–Trinajstić information content (AvgIpc) is 2.62. The van der Waals surface area contributed by atoms with Crippen molar-refractivity contribution in [2.24, 2.45) is 5.92 Å². The Labute approximate surface area is 107 Å². The highest BCUT2D eigenvalue weighted by Crippen LogP contribution is 2.25. The van der Waals surface area contributed by atoms with Gasteiger partial charge in [0, 0.05) is 11.7 Å². The molecule has 0 aromatic carbocycles. The number of nitrogens with zero attached hydrogens (tertiary/aromatic N) is 2. The molecule has 2 heterocycles. The number of imidazole rings is 1. The number of aromatic nitrogens is 3. The molecule has 0 saturated carbocycles. The van der Waals surface area contributed by atoms with E-state index < -0.39 is 0 Å². The smallest absolute Gasteiger partial charge is 0.179 e. The minimum absolute atomic E-state index is 0.371. The monoisotopic (exact) mass is 249 g/mol. The molecule has 0 spiro atoms. The van der Waals surface area contributed by atoms with Crippen molar-refractivity contribution in [3.8, 4) is 0 Å². The van der Waals surface area contributed by atoms with Gasteiger partial charge in [-0.1, -0.05) is 20.3 Å². The van der Waals surface area contributed by atoms with Gasteiger partial charge in [0.2, 0.25) is 0 Å². The molecule has 0 amide bonds. The lowest BCUT2D eigenvalue weighted by Crippen LogP contribution is -2.14. The highest BCUT2D eigenvalue weighted by molar-refractivity contribution is 7.71. The summed E-state index contributed by atoms with van der Waals surface area (Å²) in [5.74, 6) is 0.586. The largest absolute Gasteiger partial charge is 0.329 e. The summed E-state index contributed by atoms with van der Waals surface area (Å²) in [6.07, 6.45) is 1.14. The molecule has 0 fully saturated rings. The predicted octanol–water partition coefficient (Wildman–Crippen LogP) is 4.01. The molecule has 3 nitrogen and oxygen atoms in total. The molecule has 0 aliphatic heterocycles. The summed E-state index contributed by atoms with van der Waals surface area (Å²) in [7, 11) is 0. The summed E-state index contributed by atoms with van der Waals surface area (Å²) in [5.41, 5.74) is 3.02. The Bertz CT molecular complexity index is 582. The van der Waals surface area contributed by atoms with E-state index in [1.54, 1.807) is 0 Å². The molecule has 2 atom stereocenters. The number of aromatic amines is 1. The first kappa shape index (κ1) is 12.3. The molecular formula is C13H19N3S. The van der Waals surface area contributed by atoms with Crippen LogP contribution < -0.4 is 0 Å². The molecule has 2 aromatic rings. The van der Waals surface area contributed by atoms with Crippen molar-refractivity contribution < 1.29 is 0 Å². The standard InChI is InChI=1S/C13H19N3S/c1-5-8(2)10(4)16-12-11(15-13(16)17)7-6-9(3)14-12/h6-8,10H,5H2,1-4H3,(H,15,17). The first-order valence-electron chi connectivity index (χ1n) is 6.12. The maximum atomic E-state index is 5.41. The fourth-order valence-electron chi connectivity index (χ4n) is 2.07. The highest BCUT2D eigenvalue weighted by atomic mass is 32.1. The zero-order chi connectivity index (χ0) is 12.6. The predicted molar refractivity (Wildman–Crippen MR) is 73.8 cm³/mol. The SMILES string of the molecule is CCC(C)C(C)n1c(=S)[nH]c2ccc(C)nc21. The van der Waals surface area contributed by atoms with Crippen molar-refractivity contribution >= 4 is 23.4 Å². The van der Waals surface area contributed by atoms with Crippen molar-refractivity contribution in [1.29, 1.82) is 0 Å². The fourth-order valence-corrected chi connectivity index (χ4v) is 2.43. The van der Waals surface area contributed by atoms with Crippen LogP contribution in [-0.2, 0) is 0 Å². The fraction of sp³-hybridized carbons (Fsp3) is 0.538. The number of nitrogens with one attached hydrogen (secondary N) is 1. The molecule has 2 rings (SSSR count). The molecule has 0 bridgehead atoms. The van der Waals surface area contributed by atoms with Gasteiger partial charge in [-0.15, -0.1) is 0 Å². The minimum Gasteiger partial charge on any atom is -0.329 e. The maximum absolute atomic E-state index is 5.41. The quantitative estimate of drug-likeness (QED) is 0.834. The Morgan fingerprint density at radius 3 is 2.76 bits per heavy atom. The van der Waals surface area contributed by atoms with Gasteiger partial charge in [0.05, 0.1) is 5.52 Å². The lowest BCUT2D eigenvalue weighted by Gasteiger charge is -2.20. The average molecular weight is 249 g/mol. The molecule has 17 heavy (non-hydrogen) atoms. The van der Waals surface area contributed by atoms with Gasteiger partial charge in [-0.05, 0) is 44.1 Å². The normalized spacial score (nSPS) is 15.1. The van der Waals surface area contributed by atoms with Gasteiger partial charge < -0.3 is 4.98 Å². The van der Waals surface area contributed by atoms with Crippen LogP contribution in [0.25, 0.3) is 11.2 Å². The molecular weight excluding hydrogens is 230 g/mol. The third-order valence-electron chi connectivity index (χ3n) is 3.58. The second-order valence-corrected chi connectivity index (χ2v) is 5.14. The molecule has 2 aromatic heterocycles. The first-order chi connectivity index (χ1) is 8.04. The zero-order valence-corrected chi connectivity index (χ0v) is 11.6. The molecule has 4 heteroatoms. The molecule has 92 valence electrons. The van der Waals surface area contributed by atoms with E-state index >= 15 is 0 Å². The summed E-state index contributed by atoms with van der Waals surface area (Å²) in [6.45, 7) is 8.67. The summed E-state index contributed by atoms with van der Waals surface area (Å²) in [4.78, 5) is 7.83. The zero-order valence-electron chi connectivity index (χ0n) is 10.8. The number of fused-ring (bicyclic) bond motifs is 1. The lowest BCUT2D eigenvalue weighted by molar-refractivity contribution is 0.373. The second-order valence-electron chi connectivity index (χ2n) is 4.75. The third kappa shape index (κ3) is 2.14. The van der Waals surface area contributed by atoms with Crippen LogP contribution in [0.2, 0.25) is 0 Å². The van der Waals surface area contributed by atoms with Crippen LogP contribution >= 0.6 is 12.2 Å². The van der Waals surface area contributed by atoms with Gasteiger partial charge in [-0.2, -0.15) is 0 Å². The van der Waals surface area contributed by atoms with Crippen molar-refractivity contribution in [1.82, 2.24) is 14.5 Å². The van der Waals surface area contributed by atoms with Crippen molar-refractivity contribution in [2.75, 3.05) is 0 Å². The van der Waals surface area contributed by atoms with Gasteiger partial charge in [-0.3, -0.25) is 4.57 Å². The van der Waals surface area contributed by atoms with Crippen LogP contribution in [0.15, 0.2) is 12.1 Å². The van der Waals surface area contributed by atoms with Gasteiger partial charge in [0.25, 0.3) is 0 Å². The number of hydrogen-bond donors (Lipinski definition) is 1. The lowest BCUT2D eigenvalue weighted by atomic mass is 10.0.